The fraction of sp³-hybridized carbons (Fsp3) is 0.0500. The molecule has 0 saturated heterocycles. The Kier molecular flexibility index (Phi) is 6.26. The van der Waals surface area contributed by atoms with E-state index in [4.69, 9.17) is 4.74 Å². The second-order valence-electron chi connectivity index (χ2n) is 5.62. The summed E-state index contributed by atoms with van der Waals surface area (Å²) in [4.78, 5) is 2.35. The molecule has 0 aliphatic heterocycles. The van der Waals surface area contributed by atoms with Crippen LogP contribution in [0.4, 0.5) is 0 Å². The number of hydrogen-bond donors (Lipinski definition) is 1. The highest BCUT2D eigenvalue weighted by Gasteiger charge is 2.12. The number of hydrazone groups is 1. The zero-order valence-electron chi connectivity index (χ0n) is 14.2. The van der Waals surface area contributed by atoms with Crippen LogP contribution >= 0.6 is 15.9 Å². The van der Waals surface area contributed by atoms with Gasteiger partial charge in [0.25, 0.3) is 10.0 Å². The first kappa shape index (κ1) is 19.1. The van der Waals surface area contributed by atoms with Crippen molar-refractivity contribution in [2.45, 2.75) is 11.5 Å². The number of halogens is 1. The summed E-state index contributed by atoms with van der Waals surface area (Å²) in [5.74, 6) is 0.618. The summed E-state index contributed by atoms with van der Waals surface area (Å²) in [6.45, 7) is 0.413. The Balaban J connectivity index is 1.69. The Bertz CT molecular complexity index is 1020. The topological polar surface area (TPSA) is 67.8 Å². The lowest BCUT2D eigenvalue weighted by Gasteiger charge is -2.09. The molecule has 0 amide bonds. The number of benzene rings is 3. The van der Waals surface area contributed by atoms with Gasteiger partial charge in [0.2, 0.25) is 0 Å². The van der Waals surface area contributed by atoms with Gasteiger partial charge in [-0.15, -0.1) is 0 Å². The van der Waals surface area contributed by atoms with E-state index in [2.05, 4.69) is 25.9 Å². The summed E-state index contributed by atoms with van der Waals surface area (Å²) >= 11 is 3.28. The molecule has 0 aliphatic rings. The fourth-order valence-electron chi connectivity index (χ4n) is 2.29. The molecule has 0 saturated carbocycles. The van der Waals surface area contributed by atoms with Gasteiger partial charge in [-0.1, -0.05) is 58.4 Å². The van der Waals surface area contributed by atoms with E-state index in [-0.39, 0.29) is 4.90 Å². The van der Waals surface area contributed by atoms with E-state index in [0.717, 1.165) is 10.0 Å². The minimum absolute atomic E-state index is 0.136. The Morgan fingerprint density at radius 2 is 1.59 bits per heavy atom. The molecule has 0 aromatic heterocycles. The third-order valence-corrected chi connectivity index (χ3v) is 5.42. The third-order valence-electron chi connectivity index (χ3n) is 3.66. The molecule has 0 heterocycles. The summed E-state index contributed by atoms with van der Waals surface area (Å²) in [7, 11) is -3.72. The summed E-state index contributed by atoms with van der Waals surface area (Å²) < 4.78 is 31.1. The van der Waals surface area contributed by atoms with Gasteiger partial charge < -0.3 is 4.74 Å². The van der Waals surface area contributed by atoms with Crippen LogP contribution in [0.1, 0.15) is 11.1 Å². The molecule has 0 fully saturated rings. The van der Waals surface area contributed by atoms with E-state index >= 15 is 0 Å². The lowest BCUT2D eigenvalue weighted by atomic mass is 10.2. The maximum absolute atomic E-state index is 12.3. The molecular formula is C20H17BrN2O3S. The lowest BCUT2D eigenvalue weighted by Crippen LogP contribution is -2.18. The maximum Gasteiger partial charge on any atom is 0.276 e. The SMILES string of the molecule is O=S(=O)(N/N=C/c1ccccc1OCc1ccccc1)c1ccc(Br)cc1. The molecule has 3 rings (SSSR count). The number of rotatable bonds is 7. The second-order valence-corrected chi connectivity index (χ2v) is 8.20. The van der Waals surface area contributed by atoms with Crippen molar-refractivity contribution in [1.29, 1.82) is 0 Å². The number of hydrogen-bond acceptors (Lipinski definition) is 4. The van der Waals surface area contributed by atoms with Crippen LogP contribution < -0.4 is 9.57 Å². The summed E-state index contributed by atoms with van der Waals surface area (Å²) in [6, 6.07) is 23.4. The van der Waals surface area contributed by atoms with Gasteiger partial charge in [-0.25, -0.2) is 4.83 Å². The molecule has 0 unspecified atom stereocenters. The smallest absolute Gasteiger partial charge is 0.276 e. The van der Waals surface area contributed by atoms with E-state index < -0.39 is 10.0 Å². The van der Waals surface area contributed by atoms with Crippen LogP contribution in [0.2, 0.25) is 0 Å². The molecule has 0 atom stereocenters. The van der Waals surface area contributed by atoms with Gasteiger partial charge in [-0.2, -0.15) is 13.5 Å². The monoisotopic (exact) mass is 444 g/mol. The molecule has 0 spiro atoms. The third kappa shape index (κ3) is 5.42. The number of sulfonamides is 1. The van der Waals surface area contributed by atoms with Gasteiger partial charge >= 0.3 is 0 Å². The molecule has 0 bridgehead atoms. The van der Waals surface area contributed by atoms with Crippen LogP contribution in [0.3, 0.4) is 0 Å². The van der Waals surface area contributed by atoms with Crippen LogP contribution in [-0.2, 0) is 16.6 Å². The predicted molar refractivity (Wildman–Crippen MR) is 109 cm³/mol. The van der Waals surface area contributed by atoms with E-state index in [1.807, 2.05) is 48.5 Å². The number of ether oxygens (including phenoxy) is 1. The summed E-state index contributed by atoms with van der Waals surface area (Å²) in [5, 5.41) is 3.87. The highest BCUT2D eigenvalue weighted by molar-refractivity contribution is 9.10. The van der Waals surface area contributed by atoms with Crippen LogP contribution in [0.15, 0.2) is 93.3 Å². The predicted octanol–water partition coefficient (Wildman–Crippen LogP) is 4.34. The van der Waals surface area contributed by atoms with Crippen molar-refractivity contribution in [3.63, 3.8) is 0 Å². The molecule has 3 aromatic rings. The van der Waals surface area contributed by atoms with Crippen molar-refractivity contribution >= 4 is 32.2 Å². The zero-order valence-corrected chi connectivity index (χ0v) is 16.7. The molecule has 138 valence electrons. The summed E-state index contributed by atoms with van der Waals surface area (Å²) in [5.41, 5.74) is 1.71. The number of nitrogens with zero attached hydrogens (tertiary/aromatic N) is 1. The van der Waals surface area contributed by atoms with Gasteiger partial charge in [0.15, 0.2) is 0 Å². The van der Waals surface area contributed by atoms with Crippen LogP contribution in [0, 0.1) is 0 Å². The quantitative estimate of drug-likeness (QED) is 0.435. The fourth-order valence-corrected chi connectivity index (χ4v) is 3.34. The van der Waals surface area contributed by atoms with E-state index in [1.165, 1.54) is 18.3 Å². The van der Waals surface area contributed by atoms with Gasteiger partial charge in [0.1, 0.15) is 12.4 Å². The maximum atomic E-state index is 12.3. The van der Waals surface area contributed by atoms with Crippen molar-refractivity contribution in [2.75, 3.05) is 0 Å². The zero-order chi connectivity index (χ0) is 19.1. The van der Waals surface area contributed by atoms with Crippen molar-refractivity contribution < 1.29 is 13.2 Å². The average molecular weight is 445 g/mol. The number of nitrogens with one attached hydrogen (secondary N) is 1. The van der Waals surface area contributed by atoms with E-state index in [9.17, 15) is 8.42 Å². The van der Waals surface area contributed by atoms with Gasteiger partial charge in [-0.05, 0) is 42.0 Å². The highest BCUT2D eigenvalue weighted by atomic mass is 79.9. The Morgan fingerprint density at radius 3 is 2.33 bits per heavy atom. The molecule has 3 aromatic carbocycles. The Labute approximate surface area is 166 Å². The second kappa shape index (κ2) is 8.83. The van der Waals surface area contributed by atoms with Gasteiger partial charge in [0.05, 0.1) is 11.1 Å². The van der Waals surface area contributed by atoms with Crippen LogP contribution in [-0.4, -0.2) is 14.6 Å². The lowest BCUT2D eigenvalue weighted by molar-refractivity contribution is 0.306. The van der Waals surface area contributed by atoms with Crippen molar-refractivity contribution in [3.05, 3.63) is 94.5 Å². The first-order valence-electron chi connectivity index (χ1n) is 8.11. The van der Waals surface area contributed by atoms with Crippen molar-refractivity contribution in [2.24, 2.45) is 5.10 Å². The normalized spacial score (nSPS) is 11.4. The minimum atomic E-state index is -3.72. The van der Waals surface area contributed by atoms with Crippen molar-refractivity contribution in [3.8, 4) is 5.75 Å². The molecule has 27 heavy (non-hydrogen) atoms. The van der Waals surface area contributed by atoms with Crippen LogP contribution in [0.25, 0.3) is 0 Å². The Hall–Kier alpha value is -2.64. The first-order valence-corrected chi connectivity index (χ1v) is 10.4. The molecular weight excluding hydrogens is 428 g/mol. The van der Waals surface area contributed by atoms with E-state index in [1.54, 1.807) is 18.2 Å². The molecule has 0 radical (unpaired) electrons. The number of para-hydroxylation sites is 1. The molecule has 1 N–H and O–H groups in total. The molecule has 5 nitrogen and oxygen atoms in total. The standard InChI is InChI=1S/C20H17BrN2O3S/c21-18-10-12-19(13-11-18)27(24,25)23-22-14-17-8-4-5-9-20(17)26-15-16-6-2-1-3-7-16/h1-14,23H,15H2/b22-14+. The van der Waals surface area contributed by atoms with Gasteiger partial charge in [0, 0.05) is 10.0 Å². The largest absolute Gasteiger partial charge is 0.488 e. The highest BCUT2D eigenvalue weighted by Crippen LogP contribution is 2.18. The van der Waals surface area contributed by atoms with E-state index in [0.29, 0.717) is 17.9 Å². The van der Waals surface area contributed by atoms with Crippen LogP contribution in [0.5, 0.6) is 5.75 Å². The minimum Gasteiger partial charge on any atom is -0.488 e. The van der Waals surface area contributed by atoms with Gasteiger partial charge in [-0.3, -0.25) is 0 Å². The first-order chi connectivity index (χ1) is 13.0. The summed E-state index contributed by atoms with van der Waals surface area (Å²) in [6.07, 6.45) is 1.43. The average Bonchev–Trinajstić information content (AvgIpc) is 2.68. The Morgan fingerprint density at radius 1 is 0.926 bits per heavy atom. The van der Waals surface area contributed by atoms with Crippen molar-refractivity contribution in [1.82, 2.24) is 4.83 Å². The molecule has 7 heteroatoms. The molecule has 0 aliphatic carbocycles.